The van der Waals surface area contributed by atoms with Crippen LogP contribution in [0.3, 0.4) is 0 Å². The highest BCUT2D eigenvalue weighted by Gasteiger charge is 2.29. The van der Waals surface area contributed by atoms with E-state index in [4.69, 9.17) is 0 Å². The maximum absolute atomic E-state index is 11.9. The fraction of sp³-hybridized carbons (Fsp3) is 0.583. The molecule has 0 aliphatic carbocycles. The van der Waals surface area contributed by atoms with Gasteiger partial charge in [-0.15, -0.1) is 0 Å². The molecule has 1 atom stereocenters. The van der Waals surface area contributed by atoms with Gasteiger partial charge in [0.05, 0.1) is 12.2 Å². The Bertz CT molecular complexity index is 466. The third-order valence-electron chi connectivity index (χ3n) is 2.94. The first kappa shape index (κ1) is 12.6. The molecule has 1 aromatic rings. The van der Waals surface area contributed by atoms with Crippen LogP contribution in [0.2, 0.25) is 0 Å². The monoisotopic (exact) mass is 250 g/mol. The van der Waals surface area contributed by atoms with Crippen molar-refractivity contribution in [1.82, 2.24) is 20.0 Å². The number of piperazine rings is 1. The lowest BCUT2D eigenvalue weighted by atomic mass is 10.2. The summed E-state index contributed by atoms with van der Waals surface area (Å²) < 4.78 is 1.84. The second-order valence-corrected chi connectivity index (χ2v) is 4.86. The summed E-state index contributed by atoms with van der Waals surface area (Å²) >= 11 is 0. The summed E-state index contributed by atoms with van der Waals surface area (Å²) in [6.45, 7) is 6.27. The molecule has 18 heavy (non-hydrogen) atoms. The number of nitrogens with one attached hydrogen (secondary N) is 1. The standard InChI is InChI=1S/C12H18N4O2/c1-8(2)16-5-4-10(14-16)6-15-7-11(17)13-9(3)12(15)18/h4-5,8-9H,6-7H2,1-3H3,(H,13,17). The minimum absolute atomic E-state index is 0.0614. The number of amides is 2. The lowest BCUT2D eigenvalue weighted by molar-refractivity contribution is -0.144. The molecule has 0 aromatic carbocycles. The predicted molar refractivity (Wildman–Crippen MR) is 65.6 cm³/mol. The van der Waals surface area contributed by atoms with Crippen LogP contribution < -0.4 is 5.32 Å². The normalized spacial score (nSPS) is 20.4. The molecule has 1 saturated heterocycles. The van der Waals surface area contributed by atoms with Gasteiger partial charge in [0.15, 0.2) is 0 Å². The van der Waals surface area contributed by atoms with Crippen LogP contribution in [0.5, 0.6) is 0 Å². The van der Waals surface area contributed by atoms with E-state index < -0.39 is 6.04 Å². The van der Waals surface area contributed by atoms with Crippen LogP contribution >= 0.6 is 0 Å². The average Bonchev–Trinajstić information content (AvgIpc) is 2.74. The highest BCUT2D eigenvalue weighted by atomic mass is 16.2. The minimum Gasteiger partial charge on any atom is -0.343 e. The molecule has 1 aromatic heterocycles. The van der Waals surface area contributed by atoms with Crippen molar-refractivity contribution in [2.24, 2.45) is 0 Å². The van der Waals surface area contributed by atoms with Crippen LogP contribution in [0.15, 0.2) is 12.3 Å². The molecule has 98 valence electrons. The zero-order chi connectivity index (χ0) is 13.3. The van der Waals surface area contributed by atoms with Gasteiger partial charge in [0.1, 0.15) is 12.6 Å². The Kier molecular flexibility index (Phi) is 3.36. The topological polar surface area (TPSA) is 67.2 Å². The maximum atomic E-state index is 11.9. The SMILES string of the molecule is CC1NC(=O)CN(Cc2ccn(C(C)C)n2)C1=O. The Morgan fingerprint density at radius 3 is 2.83 bits per heavy atom. The second-order valence-electron chi connectivity index (χ2n) is 4.86. The van der Waals surface area contributed by atoms with Crippen LogP contribution in [0.25, 0.3) is 0 Å². The van der Waals surface area contributed by atoms with Gasteiger partial charge in [-0.3, -0.25) is 14.3 Å². The molecule has 0 saturated carbocycles. The summed E-state index contributed by atoms with van der Waals surface area (Å²) in [5, 5.41) is 6.99. The van der Waals surface area contributed by atoms with Crippen molar-refractivity contribution in [3.05, 3.63) is 18.0 Å². The van der Waals surface area contributed by atoms with Gasteiger partial charge < -0.3 is 10.2 Å². The van der Waals surface area contributed by atoms with E-state index in [-0.39, 0.29) is 24.4 Å². The lowest BCUT2D eigenvalue weighted by Crippen LogP contribution is -2.56. The Morgan fingerprint density at radius 1 is 1.50 bits per heavy atom. The van der Waals surface area contributed by atoms with E-state index in [1.165, 1.54) is 4.90 Å². The van der Waals surface area contributed by atoms with Crippen LogP contribution in [0.4, 0.5) is 0 Å². The molecule has 0 radical (unpaired) electrons. The Hall–Kier alpha value is -1.85. The summed E-state index contributed by atoms with van der Waals surface area (Å²) in [5.41, 5.74) is 0.805. The number of carbonyl (C=O) groups is 2. The molecule has 1 fully saturated rings. The largest absolute Gasteiger partial charge is 0.343 e. The van der Waals surface area contributed by atoms with Crippen molar-refractivity contribution in [3.8, 4) is 0 Å². The van der Waals surface area contributed by atoms with E-state index >= 15 is 0 Å². The first-order valence-electron chi connectivity index (χ1n) is 6.09. The van der Waals surface area contributed by atoms with Gasteiger partial charge in [0.2, 0.25) is 11.8 Å². The van der Waals surface area contributed by atoms with Gasteiger partial charge in [-0.25, -0.2) is 0 Å². The van der Waals surface area contributed by atoms with Crippen LogP contribution in [-0.4, -0.2) is 39.1 Å². The molecular formula is C12H18N4O2. The smallest absolute Gasteiger partial charge is 0.245 e. The molecule has 1 aliphatic rings. The van der Waals surface area contributed by atoms with Crippen LogP contribution in [0, 0.1) is 0 Å². The van der Waals surface area contributed by atoms with E-state index in [1.807, 2.05) is 30.8 Å². The quantitative estimate of drug-likeness (QED) is 0.839. The highest BCUT2D eigenvalue weighted by molar-refractivity contribution is 5.94. The van der Waals surface area contributed by atoms with Gasteiger partial charge in [-0.2, -0.15) is 5.10 Å². The first-order chi connectivity index (χ1) is 8.47. The third kappa shape index (κ3) is 2.52. The van der Waals surface area contributed by atoms with Crippen molar-refractivity contribution in [3.63, 3.8) is 0 Å². The van der Waals surface area contributed by atoms with E-state index in [2.05, 4.69) is 10.4 Å². The van der Waals surface area contributed by atoms with E-state index in [1.54, 1.807) is 6.92 Å². The molecule has 1 aliphatic heterocycles. The molecular weight excluding hydrogens is 232 g/mol. The summed E-state index contributed by atoms with van der Waals surface area (Å²) in [5.74, 6) is -0.181. The van der Waals surface area contributed by atoms with E-state index in [9.17, 15) is 9.59 Å². The van der Waals surface area contributed by atoms with Gasteiger partial charge in [0.25, 0.3) is 0 Å². The fourth-order valence-electron chi connectivity index (χ4n) is 1.95. The molecule has 2 rings (SSSR count). The summed E-state index contributed by atoms with van der Waals surface area (Å²) in [6.07, 6.45) is 1.89. The number of nitrogens with zero attached hydrogens (tertiary/aromatic N) is 3. The predicted octanol–water partition coefficient (Wildman–Crippen LogP) is 0.311. The highest BCUT2D eigenvalue weighted by Crippen LogP contribution is 2.10. The molecule has 1 N–H and O–H groups in total. The average molecular weight is 250 g/mol. The molecule has 6 heteroatoms. The third-order valence-corrected chi connectivity index (χ3v) is 2.94. The molecule has 0 spiro atoms. The number of carbonyl (C=O) groups excluding carboxylic acids is 2. The van der Waals surface area contributed by atoms with Crippen molar-refractivity contribution in [2.45, 2.75) is 39.4 Å². The Balaban J connectivity index is 2.07. The van der Waals surface area contributed by atoms with Gasteiger partial charge >= 0.3 is 0 Å². The summed E-state index contributed by atoms with van der Waals surface area (Å²) in [4.78, 5) is 24.8. The van der Waals surface area contributed by atoms with Gasteiger partial charge in [-0.05, 0) is 26.8 Å². The van der Waals surface area contributed by atoms with Crippen LogP contribution in [0.1, 0.15) is 32.5 Å². The molecule has 2 heterocycles. The number of aromatic nitrogens is 2. The maximum Gasteiger partial charge on any atom is 0.245 e. The number of hydrogen-bond acceptors (Lipinski definition) is 3. The Labute approximate surface area is 106 Å². The van der Waals surface area contributed by atoms with E-state index in [0.717, 1.165) is 5.69 Å². The van der Waals surface area contributed by atoms with Gasteiger partial charge in [-0.1, -0.05) is 0 Å². The lowest BCUT2D eigenvalue weighted by Gasteiger charge is -2.30. The van der Waals surface area contributed by atoms with Crippen molar-refractivity contribution < 1.29 is 9.59 Å². The minimum atomic E-state index is -0.446. The molecule has 6 nitrogen and oxygen atoms in total. The molecule has 0 bridgehead atoms. The molecule has 1 unspecified atom stereocenters. The second kappa shape index (κ2) is 4.80. The first-order valence-corrected chi connectivity index (χ1v) is 6.09. The summed E-state index contributed by atoms with van der Waals surface area (Å²) in [7, 11) is 0. The van der Waals surface area contributed by atoms with Crippen molar-refractivity contribution >= 4 is 11.8 Å². The zero-order valence-corrected chi connectivity index (χ0v) is 10.9. The van der Waals surface area contributed by atoms with Crippen molar-refractivity contribution in [1.29, 1.82) is 0 Å². The molecule has 2 amide bonds. The van der Waals surface area contributed by atoms with E-state index in [0.29, 0.717) is 6.54 Å². The fourth-order valence-corrected chi connectivity index (χ4v) is 1.95. The van der Waals surface area contributed by atoms with Crippen molar-refractivity contribution in [2.75, 3.05) is 6.54 Å². The zero-order valence-electron chi connectivity index (χ0n) is 10.9. The number of hydrogen-bond donors (Lipinski definition) is 1. The number of rotatable bonds is 3. The van der Waals surface area contributed by atoms with Gasteiger partial charge in [0, 0.05) is 12.2 Å². The Morgan fingerprint density at radius 2 is 2.22 bits per heavy atom. The summed E-state index contributed by atoms with van der Waals surface area (Å²) in [6, 6.07) is 1.72. The van der Waals surface area contributed by atoms with Crippen LogP contribution in [-0.2, 0) is 16.1 Å².